The van der Waals surface area contributed by atoms with Crippen LogP contribution in [0.25, 0.3) is 10.9 Å². The van der Waals surface area contributed by atoms with E-state index in [0.29, 0.717) is 17.6 Å². The number of piperidine rings is 1. The summed E-state index contributed by atoms with van der Waals surface area (Å²) in [6, 6.07) is 6.95. The third-order valence-electron chi connectivity index (χ3n) is 5.07. The number of nitrogens with two attached hydrogens (primary N) is 1. The molecule has 0 radical (unpaired) electrons. The molecule has 1 aliphatic rings. The summed E-state index contributed by atoms with van der Waals surface area (Å²) < 4.78 is 0. The van der Waals surface area contributed by atoms with Crippen molar-refractivity contribution in [3.8, 4) is 0 Å². The zero-order valence-corrected chi connectivity index (χ0v) is 13.4. The lowest BCUT2D eigenvalue weighted by Gasteiger charge is -2.39. The number of nitrogens with one attached hydrogen (secondary N) is 1. The number of rotatable bonds is 4. The van der Waals surface area contributed by atoms with E-state index in [0.717, 1.165) is 23.9 Å². The molecule has 0 saturated carbocycles. The SMILES string of the molecule is CC1CCCC(C)N1CCc1c[nH]c2ccc(C(N)=O)cc12. The molecule has 1 aliphatic heterocycles. The highest BCUT2D eigenvalue weighted by Crippen LogP contribution is 2.25. The Morgan fingerprint density at radius 3 is 2.73 bits per heavy atom. The van der Waals surface area contributed by atoms with Gasteiger partial charge in [0.2, 0.25) is 5.91 Å². The van der Waals surface area contributed by atoms with E-state index in [1.54, 1.807) is 6.07 Å². The van der Waals surface area contributed by atoms with Crippen LogP contribution in [0.5, 0.6) is 0 Å². The van der Waals surface area contributed by atoms with Crippen LogP contribution in [0.4, 0.5) is 0 Å². The van der Waals surface area contributed by atoms with E-state index in [1.165, 1.54) is 24.8 Å². The fourth-order valence-corrected chi connectivity index (χ4v) is 3.70. The molecule has 2 unspecified atom stereocenters. The molecule has 1 aromatic carbocycles. The molecular formula is C18H25N3O. The number of hydrogen-bond donors (Lipinski definition) is 2. The van der Waals surface area contributed by atoms with Crippen LogP contribution in [0.2, 0.25) is 0 Å². The largest absolute Gasteiger partial charge is 0.366 e. The topological polar surface area (TPSA) is 62.1 Å². The van der Waals surface area contributed by atoms with Crippen molar-refractivity contribution in [1.29, 1.82) is 0 Å². The fourth-order valence-electron chi connectivity index (χ4n) is 3.70. The highest BCUT2D eigenvalue weighted by atomic mass is 16.1. The average Bonchev–Trinajstić information content (AvgIpc) is 2.89. The van der Waals surface area contributed by atoms with E-state index in [2.05, 4.69) is 29.9 Å². The van der Waals surface area contributed by atoms with E-state index < -0.39 is 0 Å². The minimum absolute atomic E-state index is 0.368. The van der Waals surface area contributed by atoms with Crippen molar-refractivity contribution in [2.45, 2.75) is 51.6 Å². The van der Waals surface area contributed by atoms with Crippen molar-refractivity contribution < 1.29 is 4.79 Å². The fraction of sp³-hybridized carbons (Fsp3) is 0.500. The van der Waals surface area contributed by atoms with Gasteiger partial charge in [-0.15, -0.1) is 0 Å². The quantitative estimate of drug-likeness (QED) is 0.911. The van der Waals surface area contributed by atoms with Crippen LogP contribution in [0, 0.1) is 0 Å². The summed E-state index contributed by atoms with van der Waals surface area (Å²) in [7, 11) is 0. The van der Waals surface area contributed by atoms with Gasteiger partial charge in [0.1, 0.15) is 0 Å². The number of likely N-dealkylation sites (tertiary alicyclic amines) is 1. The summed E-state index contributed by atoms with van der Waals surface area (Å²) in [5, 5.41) is 1.12. The number of H-pyrrole nitrogens is 1. The predicted octanol–water partition coefficient (Wildman–Crippen LogP) is 3.07. The van der Waals surface area contributed by atoms with Crippen LogP contribution < -0.4 is 5.73 Å². The lowest BCUT2D eigenvalue weighted by Crippen LogP contribution is -2.44. The minimum Gasteiger partial charge on any atom is -0.366 e. The van der Waals surface area contributed by atoms with Crippen LogP contribution in [-0.4, -0.2) is 34.4 Å². The average molecular weight is 299 g/mol. The Morgan fingerprint density at radius 1 is 1.32 bits per heavy atom. The van der Waals surface area contributed by atoms with Gasteiger partial charge in [-0.25, -0.2) is 0 Å². The lowest BCUT2D eigenvalue weighted by atomic mass is 9.96. The van der Waals surface area contributed by atoms with E-state index in [-0.39, 0.29) is 5.91 Å². The molecule has 1 amide bonds. The molecule has 1 saturated heterocycles. The first-order chi connectivity index (χ1) is 10.6. The van der Waals surface area contributed by atoms with Crippen molar-refractivity contribution in [3.05, 3.63) is 35.5 Å². The van der Waals surface area contributed by atoms with Crippen molar-refractivity contribution in [1.82, 2.24) is 9.88 Å². The number of aromatic amines is 1. The molecule has 3 rings (SSSR count). The van der Waals surface area contributed by atoms with Crippen LogP contribution in [0.1, 0.15) is 49.0 Å². The smallest absolute Gasteiger partial charge is 0.248 e. The molecule has 3 N–H and O–H groups in total. The summed E-state index contributed by atoms with van der Waals surface area (Å²) in [6.07, 6.45) is 6.99. The summed E-state index contributed by atoms with van der Waals surface area (Å²) in [4.78, 5) is 17.3. The van der Waals surface area contributed by atoms with Crippen LogP contribution in [0.15, 0.2) is 24.4 Å². The number of amides is 1. The van der Waals surface area contributed by atoms with Crippen molar-refractivity contribution in [3.63, 3.8) is 0 Å². The molecule has 0 spiro atoms. The number of benzene rings is 1. The molecule has 2 heterocycles. The van der Waals surface area contributed by atoms with Gasteiger partial charge in [-0.1, -0.05) is 6.42 Å². The third-order valence-corrected chi connectivity index (χ3v) is 5.07. The van der Waals surface area contributed by atoms with Gasteiger partial charge in [-0.05, 0) is 56.9 Å². The zero-order chi connectivity index (χ0) is 15.7. The second-order valence-corrected chi connectivity index (χ2v) is 6.56. The predicted molar refractivity (Wildman–Crippen MR) is 90.0 cm³/mol. The van der Waals surface area contributed by atoms with Crippen LogP contribution >= 0.6 is 0 Å². The Kier molecular flexibility index (Phi) is 4.21. The molecule has 4 heteroatoms. The maximum atomic E-state index is 11.4. The summed E-state index contributed by atoms with van der Waals surface area (Å²) in [5.41, 5.74) is 8.31. The maximum Gasteiger partial charge on any atom is 0.248 e. The Balaban J connectivity index is 1.78. The van der Waals surface area contributed by atoms with Crippen molar-refractivity contribution in [2.75, 3.05) is 6.54 Å². The Bertz CT molecular complexity index is 666. The number of nitrogens with zero attached hydrogens (tertiary/aromatic N) is 1. The molecule has 0 aliphatic carbocycles. The van der Waals surface area contributed by atoms with Gasteiger partial charge in [0.25, 0.3) is 0 Å². The van der Waals surface area contributed by atoms with Gasteiger partial charge in [0.15, 0.2) is 0 Å². The first-order valence-electron chi connectivity index (χ1n) is 8.22. The van der Waals surface area contributed by atoms with E-state index >= 15 is 0 Å². The van der Waals surface area contributed by atoms with Crippen molar-refractivity contribution >= 4 is 16.8 Å². The van der Waals surface area contributed by atoms with Crippen LogP contribution in [-0.2, 0) is 6.42 Å². The summed E-state index contributed by atoms with van der Waals surface area (Å²) >= 11 is 0. The number of primary amides is 1. The van der Waals surface area contributed by atoms with E-state index in [9.17, 15) is 4.79 Å². The molecule has 22 heavy (non-hydrogen) atoms. The Morgan fingerprint density at radius 2 is 2.05 bits per heavy atom. The van der Waals surface area contributed by atoms with E-state index in [1.807, 2.05) is 12.1 Å². The van der Waals surface area contributed by atoms with Crippen molar-refractivity contribution in [2.24, 2.45) is 5.73 Å². The van der Waals surface area contributed by atoms with Gasteiger partial charge in [-0.2, -0.15) is 0 Å². The standard InChI is InChI=1S/C18H25N3O/c1-12-4-3-5-13(2)21(12)9-8-15-11-20-17-7-6-14(18(19)22)10-16(15)17/h6-7,10-13,20H,3-5,8-9H2,1-2H3,(H2,19,22). The van der Waals surface area contributed by atoms with Crippen LogP contribution in [0.3, 0.4) is 0 Å². The van der Waals surface area contributed by atoms with Gasteiger partial charge < -0.3 is 10.7 Å². The van der Waals surface area contributed by atoms with E-state index in [4.69, 9.17) is 5.73 Å². The minimum atomic E-state index is -0.368. The third kappa shape index (κ3) is 2.88. The highest BCUT2D eigenvalue weighted by Gasteiger charge is 2.24. The second-order valence-electron chi connectivity index (χ2n) is 6.56. The highest BCUT2D eigenvalue weighted by molar-refractivity contribution is 5.97. The Hall–Kier alpha value is -1.81. The number of carbonyl (C=O) groups excluding carboxylic acids is 1. The molecule has 4 nitrogen and oxygen atoms in total. The summed E-state index contributed by atoms with van der Waals surface area (Å²) in [5.74, 6) is -0.368. The number of hydrogen-bond acceptors (Lipinski definition) is 2. The van der Waals surface area contributed by atoms with Gasteiger partial charge in [0.05, 0.1) is 0 Å². The number of carbonyl (C=O) groups is 1. The summed E-state index contributed by atoms with van der Waals surface area (Å²) in [6.45, 7) is 5.72. The molecule has 1 aromatic heterocycles. The van der Waals surface area contributed by atoms with Gasteiger partial charge in [0, 0.05) is 41.3 Å². The Labute approximate surface area is 131 Å². The molecule has 1 fully saturated rings. The van der Waals surface area contributed by atoms with Gasteiger partial charge in [-0.3, -0.25) is 9.69 Å². The first-order valence-corrected chi connectivity index (χ1v) is 8.22. The number of fused-ring (bicyclic) bond motifs is 1. The molecule has 2 atom stereocenters. The second kappa shape index (κ2) is 6.13. The molecule has 0 bridgehead atoms. The zero-order valence-electron chi connectivity index (χ0n) is 13.4. The first kappa shape index (κ1) is 15.1. The lowest BCUT2D eigenvalue weighted by molar-refractivity contribution is 0.100. The maximum absolute atomic E-state index is 11.4. The molecule has 118 valence electrons. The molecule has 2 aromatic rings. The number of aromatic nitrogens is 1. The normalized spacial score (nSPS) is 23.0. The monoisotopic (exact) mass is 299 g/mol. The van der Waals surface area contributed by atoms with Gasteiger partial charge >= 0.3 is 0 Å². The molecular weight excluding hydrogens is 274 g/mol.